The summed E-state index contributed by atoms with van der Waals surface area (Å²) in [6.07, 6.45) is 3.79. The Hall–Kier alpha value is -1.94. The lowest BCUT2D eigenvalue weighted by Crippen LogP contribution is -2.29. The van der Waals surface area contributed by atoms with Crippen molar-refractivity contribution in [1.29, 1.82) is 0 Å². The van der Waals surface area contributed by atoms with Crippen LogP contribution in [0, 0.1) is 5.92 Å². The van der Waals surface area contributed by atoms with Crippen molar-refractivity contribution in [3.63, 3.8) is 0 Å². The van der Waals surface area contributed by atoms with Crippen LogP contribution in [0.2, 0.25) is 0 Å². The van der Waals surface area contributed by atoms with E-state index in [4.69, 9.17) is 5.73 Å². The van der Waals surface area contributed by atoms with Gasteiger partial charge in [-0.15, -0.1) is 0 Å². The molecule has 0 saturated carbocycles. The monoisotopic (exact) mass is 269 g/mol. The smallest absolute Gasteiger partial charge is 0.256 e. The van der Waals surface area contributed by atoms with Gasteiger partial charge in [-0.25, -0.2) is 0 Å². The van der Waals surface area contributed by atoms with Crippen LogP contribution in [0.25, 0.3) is 10.9 Å². The number of aromatic nitrogens is 1. The number of nitrogens with zero attached hydrogens (tertiary/aromatic N) is 2. The number of para-hydroxylation sites is 1. The fourth-order valence-electron chi connectivity index (χ4n) is 2.94. The summed E-state index contributed by atoms with van der Waals surface area (Å²) >= 11 is 0. The van der Waals surface area contributed by atoms with E-state index in [-0.39, 0.29) is 5.91 Å². The van der Waals surface area contributed by atoms with Gasteiger partial charge in [0.25, 0.3) is 5.91 Å². The van der Waals surface area contributed by atoms with Gasteiger partial charge in [0.1, 0.15) is 0 Å². The molecule has 1 aliphatic rings. The average Bonchev–Trinajstić information content (AvgIpc) is 2.95. The number of rotatable bonds is 3. The van der Waals surface area contributed by atoms with Crippen molar-refractivity contribution in [2.24, 2.45) is 11.7 Å². The van der Waals surface area contributed by atoms with Crippen molar-refractivity contribution >= 4 is 16.8 Å². The molecule has 20 heavy (non-hydrogen) atoms. The van der Waals surface area contributed by atoms with Crippen molar-refractivity contribution < 1.29 is 4.79 Å². The van der Waals surface area contributed by atoms with Gasteiger partial charge in [0.05, 0.1) is 11.1 Å². The minimum Gasteiger partial charge on any atom is -0.338 e. The minimum atomic E-state index is 0.0915. The molecule has 2 heterocycles. The minimum absolute atomic E-state index is 0.0915. The fourth-order valence-corrected chi connectivity index (χ4v) is 2.94. The normalized spacial score (nSPS) is 18.6. The zero-order chi connectivity index (χ0) is 13.9. The van der Waals surface area contributed by atoms with E-state index < -0.39 is 0 Å². The van der Waals surface area contributed by atoms with E-state index >= 15 is 0 Å². The van der Waals surface area contributed by atoms with E-state index in [1.165, 1.54) is 0 Å². The van der Waals surface area contributed by atoms with Gasteiger partial charge in [-0.1, -0.05) is 18.2 Å². The summed E-state index contributed by atoms with van der Waals surface area (Å²) in [5.41, 5.74) is 7.10. The number of hydrogen-bond donors (Lipinski definition) is 1. The molecule has 1 atom stereocenters. The molecule has 4 nitrogen and oxygen atoms in total. The largest absolute Gasteiger partial charge is 0.338 e. The van der Waals surface area contributed by atoms with E-state index in [1.54, 1.807) is 6.20 Å². The van der Waals surface area contributed by atoms with Gasteiger partial charge in [0, 0.05) is 24.7 Å². The molecule has 2 N–H and O–H groups in total. The molecule has 0 spiro atoms. The summed E-state index contributed by atoms with van der Waals surface area (Å²) in [5, 5.41) is 1.01. The first-order valence-corrected chi connectivity index (χ1v) is 7.12. The molecule has 0 bridgehead atoms. The number of nitrogens with two attached hydrogens (primary N) is 1. The van der Waals surface area contributed by atoms with Gasteiger partial charge in [-0.3, -0.25) is 9.78 Å². The molecular weight excluding hydrogens is 250 g/mol. The highest BCUT2D eigenvalue weighted by Gasteiger charge is 2.27. The highest BCUT2D eigenvalue weighted by atomic mass is 16.2. The van der Waals surface area contributed by atoms with Gasteiger partial charge in [-0.2, -0.15) is 0 Å². The Morgan fingerprint density at radius 3 is 3.05 bits per heavy atom. The van der Waals surface area contributed by atoms with E-state index in [2.05, 4.69) is 4.98 Å². The molecule has 1 amide bonds. The Morgan fingerprint density at radius 2 is 2.20 bits per heavy atom. The highest BCUT2D eigenvalue weighted by Crippen LogP contribution is 2.23. The number of likely N-dealkylation sites (tertiary alicyclic amines) is 1. The predicted molar refractivity (Wildman–Crippen MR) is 79.4 cm³/mol. The third-order valence-electron chi connectivity index (χ3n) is 4.01. The molecule has 1 aromatic heterocycles. The second kappa shape index (κ2) is 5.59. The first-order chi connectivity index (χ1) is 9.79. The van der Waals surface area contributed by atoms with Crippen LogP contribution in [-0.4, -0.2) is 35.4 Å². The Bertz CT molecular complexity index is 621. The molecule has 1 fully saturated rings. The molecule has 1 aromatic carbocycles. The Morgan fingerprint density at radius 1 is 1.35 bits per heavy atom. The van der Waals surface area contributed by atoms with Crippen molar-refractivity contribution in [3.8, 4) is 0 Å². The van der Waals surface area contributed by atoms with Gasteiger partial charge in [0.2, 0.25) is 0 Å². The summed E-state index contributed by atoms with van der Waals surface area (Å²) in [5.74, 6) is 0.640. The lowest BCUT2D eigenvalue weighted by atomic mass is 10.1. The maximum atomic E-state index is 12.7. The second-order valence-electron chi connectivity index (χ2n) is 5.36. The molecule has 1 saturated heterocycles. The third-order valence-corrected chi connectivity index (χ3v) is 4.01. The van der Waals surface area contributed by atoms with Crippen molar-refractivity contribution in [1.82, 2.24) is 9.88 Å². The maximum absolute atomic E-state index is 12.7. The number of amides is 1. The zero-order valence-corrected chi connectivity index (χ0v) is 11.5. The summed E-state index contributed by atoms with van der Waals surface area (Å²) in [6, 6.07) is 9.66. The van der Waals surface area contributed by atoms with Crippen LogP contribution in [-0.2, 0) is 0 Å². The predicted octanol–water partition coefficient (Wildman–Crippen LogP) is 2.05. The number of benzene rings is 1. The first-order valence-electron chi connectivity index (χ1n) is 7.12. The summed E-state index contributed by atoms with van der Waals surface area (Å²) in [4.78, 5) is 19.0. The van der Waals surface area contributed by atoms with Crippen LogP contribution in [0.3, 0.4) is 0 Å². The van der Waals surface area contributed by atoms with Crippen LogP contribution in [0.1, 0.15) is 23.2 Å². The highest BCUT2D eigenvalue weighted by molar-refractivity contribution is 6.05. The third kappa shape index (κ3) is 2.39. The van der Waals surface area contributed by atoms with Crippen LogP contribution < -0.4 is 5.73 Å². The molecule has 0 radical (unpaired) electrons. The maximum Gasteiger partial charge on any atom is 0.256 e. The SMILES string of the molecule is NCCC1CCN(C(=O)c2cccc3cccnc23)C1. The zero-order valence-electron chi connectivity index (χ0n) is 11.5. The van der Waals surface area contributed by atoms with E-state index in [1.807, 2.05) is 35.2 Å². The number of pyridine rings is 1. The van der Waals surface area contributed by atoms with Gasteiger partial charge < -0.3 is 10.6 Å². The Labute approximate surface area is 118 Å². The summed E-state index contributed by atoms with van der Waals surface area (Å²) in [6.45, 7) is 2.34. The van der Waals surface area contributed by atoms with E-state index in [9.17, 15) is 4.79 Å². The lowest BCUT2D eigenvalue weighted by molar-refractivity contribution is 0.0788. The molecule has 4 heteroatoms. The topological polar surface area (TPSA) is 59.2 Å². The van der Waals surface area contributed by atoms with Gasteiger partial charge in [0.15, 0.2) is 0 Å². The summed E-state index contributed by atoms with van der Waals surface area (Å²) in [7, 11) is 0. The van der Waals surface area contributed by atoms with Crippen LogP contribution in [0.15, 0.2) is 36.5 Å². The second-order valence-corrected chi connectivity index (χ2v) is 5.36. The standard InChI is InChI=1S/C16H19N3O/c17-8-6-12-7-10-19(11-12)16(20)14-5-1-3-13-4-2-9-18-15(13)14/h1-5,9,12H,6-8,10-11,17H2. The average molecular weight is 269 g/mol. The van der Waals surface area contributed by atoms with Crippen molar-refractivity contribution in [2.75, 3.05) is 19.6 Å². The Kier molecular flexibility index (Phi) is 3.65. The van der Waals surface area contributed by atoms with E-state index in [0.29, 0.717) is 18.0 Å². The molecule has 2 aromatic rings. The Balaban J connectivity index is 1.86. The quantitative estimate of drug-likeness (QED) is 0.927. The number of carbonyl (C=O) groups is 1. The molecule has 0 aliphatic carbocycles. The molecular formula is C16H19N3O. The van der Waals surface area contributed by atoms with Crippen molar-refractivity contribution in [2.45, 2.75) is 12.8 Å². The first kappa shape index (κ1) is 13.1. The van der Waals surface area contributed by atoms with Crippen molar-refractivity contribution in [3.05, 3.63) is 42.1 Å². The van der Waals surface area contributed by atoms with Gasteiger partial charge >= 0.3 is 0 Å². The molecule has 104 valence electrons. The number of carbonyl (C=O) groups excluding carboxylic acids is 1. The van der Waals surface area contributed by atoms with E-state index in [0.717, 1.165) is 36.8 Å². The lowest BCUT2D eigenvalue weighted by Gasteiger charge is -2.17. The number of hydrogen-bond acceptors (Lipinski definition) is 3. The van der Waals surface area contributed by atoms with Crippen LogP contribution in [0.4, 0.5) is 0 Å². The number of fused-ring (bicyclic) bond motifs is 1. The van der Waals surface area contributed by atoms with Gasteiger partial charge in [-0.05, 0) is 37.4 Å². The molecule has 3 rings (SSSR count). The van der Waals surface area contributed by atoms with Crippen LogP contribution in [0.5, 0.6) is 0 Å². The molecule has 1 aliphatic heterocycles. The summed E-state index contributed by atoms with van der Waals surface area (Å²) < 4.78 is 0. The fraction of sp³-hybridized carbons (Fsp3) is 0.375. The molecule has 1 unspecified atom stereocenters. The van der Waals surface area contributed by atoms with Crippen LogP contribution >= 0.6 is 0 Å².